The maximum atomic E-state index is 12.0. The third kappa shape index (κ3) is 2.53. The summed E-state index contributed by atoms with van der Waals surface area (Å²) in [4.78, 5) is 12.0. The lowest BCUT2D eigenvalue weighted by molar-refractivity contribution is 0.0850. The van der Waals surface area contributed by atoms with Gasteiger partial charge in [0.05, 0.1) is 11.6 Å². The van der Waals surface area contributed by atoms with Gasteiger partial charge in [-0.05, 0) is 42.9 Å². The Balaban J connectivity index is 1.97. The molecule has 1 aromatic rings. The van der Waals surface area contributed by atoms with E-state index >= 15 is 0 Å². The standard InChI is InChI=1S/C15H18N2O/c1-2-15(7-4-8-15)11-17-14(18)13-6-3-5-12(9-13)10-16/h3,5-6,9H,2,4,7-8,11H2,1H3,(H,17,18). The number of hydrogen-bond acceptors (Lipinski definition) is 2. The van der Waals surface area contributed by atoms with Crippen LogP contribution in [-0.2, 0) is 0 Å². The zero-order valence-corrected chi connectivity index (χ0v) is 10.7. The van der Waals surface area contributed by atoms with Crippen LogP contribution in [0.3, 0.4) is 0 Å². The fourth-order valence-corrected chi connectivity index (χ4v) is 2.43. The summed E-state index contributed by atoms with van der Waals surface area (Å²) in [6.45, 7) is 2.93. The molecule has 1 amide bonds. The highest BCUT2D eigenvalue weighted by atomic mass is 16.1. The van der Waals surface area contributed by atoms with Gasteiger partial charge in [-0.1, -0.05) is 19.4 Å². The summed E-state index contributed by atoms with van der Waals surface area (Å²) in [7, 11) is 0. The lowest BCUT2D eigenvalue weighted by Crippen LogP contribution is -2.41. The Hall–Kier alpha value is -1.82. The SMILES string of the molecule is CCC1(CNC(=O)c2cccc(C#N)c2)CCC1. The minimum atomic E-state index is -0.0770. The molecular formula is C15H18N2O. The van der Waals surface area contributed by atoms with Crippen molar-refractivity contribution < 1.29 is 4.79 Å². The van der Waals surface area contributed by atoms with E-state index in [1.807, 2.05) is 6.07 Å². The van der Waals surface area contributed by atoms with Crippen molar-refractivity contribution in [1.29, 1.82) is 5.26 Å². The van der Waals surface area contributed by atoms with Crippen LogP contribution in [0.4, 0.5) is 0 Å². The summed E-state index contributed by atoms with van der Waals surface area (Å²) in [5, 5.41) is 11.8. The van der Waals surface area contributed by atoms with Crippen LogP contribution in [0, 0.1) is 16.7 Å². The van der Waals surface area contributed by atoms with Crippen LogP contribution < -0.4 is 5.32 Å². The molecular weight excluding hydrogens is 224 g/mol. The van der Waals surface area contributed by atoms with Crippen molar-refractivity contribution in [2.45, 2.75) is 32.6 Å². The van der Waals surface area contributed by atoms with E-state index in [1.165, 1.54) is 19.3 Å². The van der Waals surface area contributed by atoms with Gasteiger partial charge in [-0.2, -0.15) is 5.26 Å². The van der Waals surface area contributed by atoms with Gasteiger partial charge in [0.1, 0.15) is 0 Å². The number of nitriles is 1. The molecule has 0 heterocycles. The minimum Gasteiger partial charge on any atom is -0.351 e. The summed E-state index contributed by atoms with van der Waals surface area (Å²) in [5.41, 5.74) is 1.42. The van der Waals surface area contributed by atoms with Crippen molar-refractivity contribution in [2.24, 2.45) is 5.41 Å². The molecule has 1 aliphatic carbocycles. The van der Waals surface area contributed by atoms with Gasteiger partial charge in [0.15, 0.2) is 0 Å². The molecule has 0 spiro atoms. The summed E-state index contributed by atoms with van der Waals surface area (Å²) in [6, 6.07) is 8.87. The Morgan fingerprint density at radius 1 is 1.50 bits per heavy atom. The fourth-order valence-electron chi connectivity index (χ4n) is 2.43. The smallest absolute Gasteiger partial charge is 0.251 e. The number of carbonyl (C=O) groups is 1. The summed E-state index contributed by atoms with van der Waals surface area (Å²) in [6.07, 6.45) is 4.81. The molecule has 0 bridgehead atoms. The molecule has 1 N–H and O–H groups in total. The zero-order valence-electron chi connectivity index (χ0n) is 10.7. The molecule has 1 saturated carbocycles. The Bertz CT molecular complexity index is 478. The molecule has 0 radical (unpaired) electrons. The van der Waals surface area contributed by atoms with Gasteiger partial charge in [0.25, 0.3) is 5.91 Å². The lowest BCUT2D eigenvalue weighted by atomic mass is 9.67. The van der Waals surface area contributed by atoms with Crippen LogP contribution in [-0.4, -0.2) is 12.5 Å². The molecule has 3 heteroatoms. The van der Waals surface area contributed by atoms with Gasteiger partial charge in [0, 0.05) is 12.1 Å². The quantitative estimate of drug-likeness (QED) is 0.882. The molecule has 0 saturated heterocycles. The van der Waals surface area contributed by atoms with E-state index in [1.54, 1.807) is 24.3 Å². The van der Waals surface area contributed by atoms with Crippen molar-refractivity contribution in [3.05, 3.63) is 35.4 Å². The van der Waals surface area contributed by atoms with Gasteiger partial charge in [-0.25, -0.2) is 0 Å². The number of carbonyl (C=O) groups excluding carboxylic acids is 1. The molecule has 0 unspecified atom stereocenters. The van der Waals surface area contributed by atoms with Crippen molar-refractivity contribution in [3.63, 3.8) is 0 Å². The van der Waals surface area contributed by atoms with E-state index in [2.05, 4.69) is 12.2 Å². The average Bonchev–Trinajstić information content (AvgIpc) is 2.38. The van der Waals surface area contributed by atoms with E-state index in [0.717, 1.165) is 13.0 Å². The zero-order chi connectivity index (χ0) is 13.0. The second-order valence-corrected chi connectivity index (χ2v) is 5.08. The van der Waals surface area contributed by atoms with Crippen molar-refractivity contribution >= 4 is 5.91 Å². The molecule has 2 rings (SSSR count). The number of amides is 1. The largest absolute Gasteiger partial charge is 0.351 e. The fraction of sp³-hybridized carbons (Fsp3) is 0.467. The molecule has 18 heavy (non-hydrogen) atoms. The van der Waals surface area contributed by atoms with E-state index < -0.39 is 0 Å². The number of nitrogens with one attached hydrogen (secondary N) is 1. The van der Waals surface area contributed by atoms with Crippen LogP contribution in [0.2, 0.25) is 0 Å². The van der Waals surface area contributed by atoms with Crippen LogP contribution in [0.15, 0.2) is 24.3 Å². The second-order valence-electron chi connectivity index (χ2n) is 5.08. The van der Waals surface area contributed by atoms with Gasteiger partial charge in [0.2, 0.25) is 0 Å². The van der Waals surface area contributed by atoms with Gasteiger partial charge in [-0.3, -0.25) is 4.79 Å². The van der Waals surface area contributed by atoms with Crippen molar-refractivity contribution in [2.75, 3.05) is 6.54 Å². The third-order valence-electron chi connectivity index (χ3n) is 4.04. The highest BCUT2D eigenvalue weighted by molar-refractivity contribution is 5.94. The maximum absolute atomic E-state index is 12.0. The summed E-state index contributed by atoms with van der Waals surface area (Å²) in [5.74, 6) is -0.0770. The average molecular weight is 242 g/mol. The number of hydrogen-bond donors (Lipinski definition) is 1. The molecule has 94 valence electrons. The molecule has 1 fully saturated rings. The number of nitrogens with zero attached hydrogens (tertiary/aromatic N) is 1. The predicted octanol–water partition coefficient (Wildman–Crippen LogP) is 2.87. The predicted molar refractivity (Wildman–Crippen MR) is 70.1 cm³/mol. The van der Waals surface area contributed by atoms with E-state index in [-0.39, 0.29) is 5.91 Å². The van der Waals surface area contributed by atoms with E-state index in [4.69, 9.17) is 5.26 Å². The Morgan fingerprint density at radius 2 is 2.28 bits per heavy atom. The first-order valence-corrected chi connectivity index (χ1v) is 6.47. The first kappa shape index (κ1) is 12.6. The van der Waals surface area contributed by atoms with E-state index in [0.29, 0.717) is 16.5 Å². The number of rotatable bonds is 4. The molecule has 3 nitrogen and oxygen atoms in total. The highest BCUT2D eigenvalue weighted by Crippen LogP contribution is 2.43. The second kappa shape index (κ2) is 5.22. The highest BCUT2D eigenvalue weighted by Gasteiger charge is 2.35. The first-order chi connectivity index (χ1) is 8.69. The Morgan fingerprint density at radius 3 is 2.83 bits per heavy atom. The third-order valence-corrected chi connectivity index (χ3v) is 4.04. The summed E-state index contributed by atoms with van der Waals surface area (Å²) >= 11 is 0. The normalized spacial score (nSPS) is 16.4. The molecule has 0 atom stereocenters. The van der Waals surface area contributed by atoms with Gasteiger partial charge >= 0.3 is 0 Å². The van der Waals surface area contributed by atoms with Crippen molar-refractivity contribution in [1.82, 2.24) is 5.32 Å². The van der Waals surface area contributed by atoms with Crippen LogP contribution in [0.25, 0.3) is 0 Å². The lowest BCUT2D eigenvalue weighted by Gasteiger charge is -2.41. The van der Waals surface area contributed by atoms with E-state index in [9.17, 15) is 4.79 Å². The Kier molecular flexibility index (Phi) is 3.66. The van der Waals surface area contributed by atoms with Crippen LogP contribution in [0.5, 0.6) is 0 Å². The maximum Gasteiger partial charge on any atom is 0.251 e. The first-order valence-electron chi connectivity index (χ1n) is 6.47. The Labute approximate surface area is 108 Å². The molecule has 0 aromatic heterocycles. The monoisotopic (exact) mass is 242 g/mol. The summed E-state index contributed by atoms with van der Waals surface area (Å²) < 4.78 is 0. The number of benzene rings is 1. The minimum absolute atomic E-state index is 0.0770. The molecule has 0 aliphatic heterocycles. The van der Waals surface area contributed by atoms with Gasteiger partial charge < -0.3 is 5.32 Å². The van der Waals surface area contributed by atoms with Gasteiger partial charge in [-0.15, -0.1) is 0 Å². The molecule has 1 aliphatic rings. The van der Waals surface area contributed by atoms with Crippen molar-refractivity contribution in [3.8, 4) is 6.07 Å². The van der Waals surface area contributed by atoms with Crippen LogP contribution in [0.1, 0.15) is 48.5 Å². The van der Waals surface area contributed by atoms with Crippen LogP contribution >= 0.6 is 0 Å². The molecule has 1 aromatic carbocycles. The topological polar surface area (TPSA) is 52.9 Å².